The van der Waals surface area contributed by atoms with E-state index in [4.69, 9.17) is 0 Å². The predicted octanol–water partition coefficient (Wildman–Crippen LogP) is 7.36. The van der Waals surface area contributed by atoms with Gasteiger partial charge in [0, 0.05) is 13.1 Å². The number of imide groups is 1. The van der Waals surface area contributed by atoms with E-state index in [1.54, 1.807) is 12.1 Å². The summed E-state index contributed by atoms with van der Waals surface area (Å²) >= 11 is 0. The zero-order chi connectivity index (χ0) is 38.6. The highest BCUT2D eigenvalue weighted by Crippen LogP contribution is 2.44. The fourth-order valence-electron chi connectivity index (χ4n) is 6.47. The molecule has 0 bridgehead atoms. The summed E-state index contributed by atoms with van der Waals surface area (Å²) in [6, 6.07) is 7.47. The number of anilines is 2. The van der Waals surface area contributed by atoms with Crippen LogP contribution in [0.5, 0.6) is 0 Å². The van der Waals surface area contributed by atoms with Crippen LogP contribution in [0.2, 0.25) is 0 Å². The summed E-state index contributed by atoms with van der Waals surface area (Å²) in [6.07, 6.45) is -17.0. The van der Waals surface area contributed by atoms with Gasteiger partial charge in [0.25, 0.3) is 17.8 Å². The third kappa shape index (κ3) is 7.34. The van der Waals surface area contributed by atoms with Crippen LogP contribution in [0, 0.1) is 6.92 Å². The Bertz CT molecular complexity index is 2030. The first-order valence-corrected chi connectivity index (χ1v) is 15.7. The lowest BCUT2D eigenvalue weighted by atomic mass is 9.94. The maximum absolute atomic E-state index is 14.0. The second-order valence-corrected chi connectivity index (χ2v) is 12.4. The zero-order valence-corrected chi connectivity index (χ0v) is 27.2. The van der Waals surface area contributed by atoms with Crippen molar-refractivity contribution in [3.8, 4) is 0 Å². The van der Waals surface area contributed by atoms with Crippen LogP contribution in [0.15, 0.2) is 54.6 Å². The van der Waals surface area contributed by atoms with Crippen molar-refractivity contribution >= 4 is 29.5 Å². The van der Waals surface area contributed by atoms with Crippen molar-refractivity contribution in [2.75, 3.05) is 22.9 Å². The van der Waals surface area contributed by atoms with E-state index < -0.39 is 82.9 Å². The summed E-state index contributed by atoms with van der Waals surface area (Å²) in [4.78, 5) is 41.6. The number of carbonyl (C=O) groups excluding carboxylic acids is 2. The Hall–Kier alpha value is -5.69. The molecule has 11 nitrogen and oxygen atoms in total. The third-order valence-electron chi connectivity index (χ3n) is 8.90. The van der Waals surface area contributed by atoms with Gasteiger partial charge < -0.3 is 10.0 Å². The van der Waals surface area contributed by atoms with Gasteiger partial charge in [-0.05, 0) is 78.1 Å². The Kier molecular flexibility index (Phi) is 9.36. The summed E-state index contributed by atoms with van der Waals surface area (Å²) < 4.78 is 125. The average molecular weight is 756 g/mol. The molecule has 1 N–H and O–H groups in total. The Balaban J connectivity index is 1.44. The summed E-state index contributed by atoms with van der Waals surface area (Å²) in [5.74, 6) is -1.58. The summed E-state index contributed by atoms with van der Waals surface area (Å²) in [6.45, 7) is -0.458. The van der Waals surface area contributed by atoms with Crippen LogP contribution in [-0.2, 0) is 31.6 Å². The van der Waals surface area contributed by atoms with E-state index in [9.17, 15) is 59.0 Å². The molecule has 1 atom stereocenters. The molecule has 0 spiro atoms. The Labute approximate surface area is 293 Å². The lowest BCUT2D eigenvalue weighted by molar-refractivity contribution is -0.143. The Morgan fingerprint density at radius 1 is 0.868 bits per heavy atom. The monoisotopic (exact) mass is 755 g/mol. The quantitative estimate of drug-likeness (QED) is 0.153. The van der Waals surface area contributed by atoms with Crippen molar-refractivity contribution in [1.82, 2.24) is 25.1 Å². The van der Waals surface area contributed by atoms with Gasteiger partial charge >= 0.3 is 24.6 Å². The Morgan fingerprint density at radius 3 is 2.02 bits per heavy atom. The van der Waals surface area contributed by atoms with Gasteiger partial charge in [-0.25, -0.2) is 4.79 Å². The molecule has 4 aromatic rings. The standard InChI is InChI=1S/C33H26F9N7O4/c1-17-11-23-25(7-4-8-46(30(52)53)26(23)15-24(17)33(40,41)42)48(16-18-12-19(31(34,35)36)14-20(13-18)32(37,38)39)29-43-45-49(44-29)10-9-47-27(50)21-5-2-3-6-22(21)28(47)51/h2-3,5-6,11-15,25H,4,7-10,16H2,1H3,(H,52,53)/t25-/m0/s1. The summed E-state index contributed by atoms with van der Waals surface area (Å²) in [7, 11) is 0. The van der Waals surface area contributed by atoms with Gasteiger partial charge in [-0.2, -0.15) is 44.3 Å². The van der Waals surface area contributed by atoms with Crippen molar-refractivity contribution in [3.63, 3.8) is 0 Å². The first-order valence-electron chi connectivity index (χ1n) is 15.7. The van der Waals surface area contributed by atoms with Crippen LogP contribution in [0.25, 0.3) is 0 Å². The molecule has 0 fully saturated rings. The van der Waals surface area contributed by atoms with Gasteiger partial charge in [0.05, 0.1) is 52.6 Å². The molecule has 0 unspecified atom stereocenters. The highest BCUT2D eigenvalue weighted by atomic mass is 19.4. The molecule has 0 saturated carbocycles. The number of hydrogen-bond donors (Lipinski definition) is 1. The van der Waals surface area contributed by atoms with E-state index in [2.05, 4.69) is 15.4 Å². The summed E-state index contributed by atoms with van der Waals surface area (Å²) in [5, 5.41) is 22.0. The van der Waals surface area contributed by atoms with Crippen molar-refractivity contribution in [2.45, 2.75) is 57.4 Å². The number of alkyl halides is 9. The van der Waals surface area contributed by atoms with Crippen LogP contribution in [0.4, 0.5) is 55.9 Å². The fraction of sp³-hybridized carbons (Fsp3) is 0.333. The van der Waals surface area contributed by atoms with Crippen molar-refractivity contribution < 1.29 is 59.0 Å². The predicted molar refractivity (Wildman–Crippen MR) is 166 cm³/mol. The third-order valence-corrected chi connectivity index (χ3v) is 8.90. The number of aryl methyl sites for hydroxylation is 1. The summed E-state index contributed by atoms with van der Waals surface area (Å²) in [5.41, 5.74) is -5.36. The maximum atomic E-state index is 14.0. The molecular formula is C33H26F9N7O4. The van der Waals surface area contributed by atoms with Gasteiger partial charge in [-0.15, -0.1) is 5.10 Å². The molecule has 20 heteroatoms. The number of carboxylic acid groups (broad SMARTS) is 1. The highest BCUT2D eigenvalue weighted by molar-refractivity contribution is 6.21. The molecular weight excluding hydrogens is 729 g/mol. The normalized spacial score (nSPS) is 16.5. The smallest absolute Gasteiger partial charge is 0.416 e. The minimum absolute atomic E-state index is 0.00713. The maximum Gasteiger partial charge on any atom is 0.416 e. The van der Waals surface area contributed by atoms with E-state index >= 15 is 0 Å². The lowest BCUT2D eigenvalue weighted by Crippen LogP contribution is -2.33. The van der Waals surface area contributed by atoms with E-state index in [0.29, 0.717) is 23.1 Å². The Morgan fingerprint density at radius 2 is 1.47 bits per heavy atom. The number of hydrogen-bond acceptors (Lipinski definition) is 7. The number of fused-ring (bicyclic) bond motifs is 2. The number of tetrazole rings is 1. The molecule has 6 rings (SSSR count). The molecule has 0 saturated heterocycles. The average Bonchev–Trinajstić information content (AvgIpc) is 3.57. The fourth-order valence-corrected chi connectivity index (χ4v) is 6.47. The number of halogens is 9. The van der Waals surface area contributed by atoms with Crippen LogP contribution in [0.1, 0.15) is 73.0 Å². The van der Waals surface area contributed by atoms with E-state index in [1.165, 1.54) is 12.1 Å². The molecule has 2 aliphatic rings. The molecule has 0 radical (unpaired) electrons. The second-order valence-electron chi connectivity index (χ2n) is 12.4. The highest BCUT2D eigenvalue weighted by Gasteiger charge is 2.40. The van der Waals surface area contributed by atoms with Gasteiger partial charge in [0.1, 0.15) is 0 Å². The minimum Gasteiger partial charge on any atom is -0.465 e. The number of nitrogens with zero attached hydrogens (tertiary/aromatic N) is 7. The van der Waals surface area contributed by atoms with Gasteiger partial charge in [-0.1, -0.05) is 23.3 Å². The molecule has 3 amide bonds. The van der Waals surface area contributed by atoms with E-state index in [1.807, 2.05) is 0 Å². The van der Waals surface area contributed by atoms with Gasteiger partial charge in [0.15, 0.2) is 0 Å². The molecule has 3 heterocycles. The topological polar surface area (TPSA) is 125 Å². The molecule has 0 aliphatic carbocycles. The molecule has 53 heavy (non-hydrogen) atoms. The van der Waals surface area contributed by atoms with E-state index in [-0.39, 0.29) is 60.8 Å². The number of amides is 3. The van der Waals surface area contributed by atoms with Crippen molar-refractivity contribution in [3.05, 3.63) is 99.1 Å². The molecule has 3 aromatic carbocycles. The number of aromatic nitrogens is 4. The van der Waals surface area contributed by atoms with Crippen LogP contribution >= 0.6 is 0 Å². The lowest BCUT2D eigenvalue weighted by Gasteiger charge is -2.32. The van der Waals surface area contributed by atoms with Crippen molar-refractivity contribution in [1.29, 1.82) is 0 Å². The van der Waals surface area contributed by atoms with Gasteiger partial charge in [0.2, 0.25) is 0 Å². The zero-order valence-electron chi connectivity index (χ0n) is 27.2. The molecule has 2 aliphatic heterocycles. The number of rotatable bonds is 7. The van der Waals surface area contributed by atoms with Gasteiger partial charge in [-0.3, -0.25) is 19.4 Å². The molecule has 1 aromatic heterocycles. The van der Waals surface area contributed by atoms with Crippen LogP contribution in [0.3, 0.4) is 0 Å². The van der Waals surface area contributed by atoms with Crippen LogP contribution in [-0.4, -0.2) is 61.2 Å². The number of carbonyl (C=O) groups is 3. The SMILES string of the molecule is Cc1cc2c(cc1C(F)(F)F)N(C(=O)O)CCC[C@@H]2N(Cc1cc(C(F)(F)F)cc(C(F)(F)F)c1)c1nnn(CCN2C(=O)c3ccccc3C2=O)n1. The minimum atomic E-state index is -5.20. The van der Waals surface area contributed by atoms with E-state index in [0.717, 1.165) is 27.6 Å². The van der Waals surface area contributed by atoms with Crippen LogP contribution < -0.4 is 9.80 Å². The first-order chi connectivity index (χ1) is 24.7. The number of benzene rings is 3. The first kappa shape index (κ1) is 37.1. The largest absolute Gasteiger partial charge is 0.465 e. The molecule has 280 valence electrons. The van der Waals surface area contributed by atoms with Crippen molar-refractivity contribution in [2.24, 2.45) is 0 Å². The second kappa shape index (κ2) is 13.4.